The van der Waals surface area contributed by atoms with Gasteiger partial charge in [0.15, 0.2) is 0 Å². The Balaban J connectivity index is 1.58. The van der Waals surface area contributed by atoms with Crippen molar-refractivity contribution >= 4 is 29.2 Å². The maximum absolute atomic E-state index is 12.3. The second-order valence-electron chi connectivity index (χ2n) is 7.35. The summed E-state index contributed by atoms with van der Waals surface area (Å²) in [7, 11) is 1.55. The van der Waals surface area contributed by atoms with E-state index >= 15 is 0 Å². The molecular formula is C20H28N4O4. The van der Waals surface area contributed by atoms with E-state index in [0.717, 1.165) is 37.8 Å². The van der Waals surface area contributed by atoms with E-state index in [1.807, 2.05) is 6.07 Å². The van der Waals surface area contributed by atoms with Gasteiger partial charge >= 0.3 is 6.03 Å². The van der Waals surface area contributed by atoms with E-state index in [0.29, 0.717) is 24.4 Å². The van der Waals surface area contributed by atoms with Crippen LogP contribution in [0.4, 0.5) is 16.2 Å². The Morgan fingerprint density at radius 2 is 1.96 bits per heavy atom. The number of urea groups is 1. The van der Waals surface area contributed by atoms with Gasteiger partial charge in [0.05, 0.1) is 12.8 Å². The minimum absolute atomic E-state index is 0.0834. The summed E-state index contributed by atoms with van der Waals surface area (Å²) >= 11 is 0. The molecule has 2 fully saturated rings. The molecule has 0 radical (unpaired) electrons. The van der Waals surface area contributed by atoms with Crippen molar-refractivity contribution in [1.29, 1.82) is 0 Å². The van der Waals surface area contributed by atoms with Crippen LogP contribution >= 0.6 is 0 Å². The number of benzene rings is 1. The molecule has 0 spiro atoms. The van der Waals surface area contributed by atoms with Crippen molar-refractivity contribution in [3.05, 3.63) is 18.2 Å². The number of anilines is 2. The standard InChI is InChI=1S/C20H28N4O4/c1-13(19(26)23-20(27)22-14-6-3-4-7-14)21-15-9-10-16(17(12-15)28-2)24-11-5-8-18(24)25/h9-10,12-14,21H,3-8,11H2,1-2H3,(H2,22,23,26,27)/t13-/m1/s1. The number of rotatable bonds is 6. The lowest BCUT2D eigenvalue weighted by Crippen LogP contribution is -2.48. The Bertz CT molecular complexity index is 746. The SMILES string of the molecule is COc1cc(N[C@H](C)C(=O)NC(=O)NC2CCCC2)ccc1N1CCCC1=O. The quantitative estimate of drug-likeness (QED) is 0.695. The molecule has 1 heterocycles. The molecule has 1 aliphatic carbocycles. The minimum atomic E-state index is -0.613. The predicted octanol–water partition coefficient (Wildman–Crippen LogP) is 2.39. The van der Waals surface area contributed by atoms with Crippen LogP contribution in [0.25, 0.3) is 0 Å². The normalized spacial score (nSPS) is 18.1. The summed E-state index contributed by atoms with van der Waals surface area (Å²) in [4.78, 5) is 37.9. The topological polar surface area (TPSA) is 99.8 Å². The lowest BCUT2D eigenvalue weighted by molar-refractivity contribution is -0.120. The molecule has 4 amide bonds. The lowest BCUT2D eigenvalue weighted by Gasteiger charge is -2.21. The summed E-state index contributed by atoms with van der Waals surface area (Å²) in [6.45, 7) is 2.36. The van der Waals surface area contributed by atoms with Crippen LogP contribution in [0.1, 0.15) is 45.4 Å². The van der Waals surface area contributed by atoms with E-state index in [4.69, 9.17) is 4.74 Å². The van der Waals surface area contributed by atoms with E-state index in [2.05, 4.69) is 16.0 Å². The summed E-state index contributed by atoms with van der Waals surface area (Å²) in [5.41, 5.74) is 1.40. The molecule has 152 valence electrons. The van der Waals surface area contributed by atoms with Crippen LogP contribution in [0.2, 0.25) is 0 Å². The smallest absolute Gasteiger partial charge is 0.321 e. The van der Waals surface area contributed by atoms with Gasteiger partial charge in [-0.15, -0.1) is 0 Å². The van der Waals surface area contributed by atoms with Gasteiger partial charge < -0.3 is 20.3 Å². The molecule has 0 bridgehead atoms. The van der Waals surface area contributed by atoms with Gasteiger partial charge in [0, 0.05) is 30.8 Å². The van der Waals surface area contributed by atoms with Gasteiger partial charge in [-0.05, 0) is 38.3 Å². The van der Waals surface area contributed by atoms with Gasteiger partial charge in [-0.1, -0.05) is 12.8 Å². The lowest BCUT2D eigenvalue weighted by atomic mass is 10.2. The van der Waals surface area contributed by atoms with Crippen LogP contribution in [0.15, 0.2) is 18.2 Å². The highest BCUT2D eigenvalue weighted by molar-refractivity contribution is 5.99. The Labute approximate surface area is 165 Å². The summed E-state index contributed by atoms with van der Waals surface area (Å²) in [6, 6.07) is 4.45. The Morgan fingerprint density at radius 3 is 2.61 bits per heavy atom. The maximum Gasteiger partial charge on any atom is 0.321 e. The second-order valence-corrected chi connectivity index (χ2v) is 7.35. The molecule has 1 aromatic carbocycles. The number of hydrogen-bond donors (Lipinski definition) is 3. The predicted molar refractivity (Wildman–Crippen MR) is 107 cm³/mol. The Hall–Kier alpha value is -2.77. The fourth-order valence-corrected chi connectivity index (χ4v) is 3.72. The van der Waals surface area contributed by atoms with Crippen molar-refractivity contribution in [2.45, 2.75) is 57.5 Å². The van der Waals surface area contributed by atoms with Gasteiger partial charge in [-0.3, -0.25) is 14.9 Å². The third-order valence-electron chi connectivity index (χ3n) is 5.25. The average Bonchev–Trinajstić information content (AvgIpc) is 3.33. The Kier molecular flexibility index (Phi) is 6.38. The first kappa shape index (κ1) is 20.0. The van der Waals surface area contributed by atoms with Crippen molar-refractivity contribution < 1.29 is 19.1 Å². The first-order chi connectivity index (χ1) is 13.5. The van der Waals surface area contributed by atoms with E-state index in [1.165, 1.54) is 0 Å². The van der Waals surface area contributed by atoms with E-state index < -0.39 is 18.0 Å². The maximum atomic E-state index is 12.3. The zero-order chi connectivity index (χ0) is 20.1. The number of nitrogens with zero attached hydrogens (tertiary/aromatic N) is 1. The minimum Gasteiger partial charge on any atom is -0.494 e. The van der Waals surface area contributed by atoms with Gasteiger partial charge in [0.2, 0.25) is 11.8 Å². The fraction of sp³-hybridized carbons (Fsp3) is 0.550. The number of ether oxygens (including phenoxy) is 1. The number of nitrogens with one attached hydrogen (secondary N) is 3. The van der Waals surface area contributed by atoms with Crippen molar-refractivity contribution in [3.63, 3.8) is 0 Å². The second kappa shape index (κ2) is 8.95. The van der Waals surface area contributed by atoms with E-state index in [-0.39, 0.29) is 11.9 Å². The van der Waals surface area contributed by atoms with E-state index in [1.54, 1.807) is 31.1 Å². The van der Waals surface area contributed by atoms with E-state index in [9.17, 15) is 14.4 Å². The first-order valence-corrected chi connectivity index (χ1v) is 9.84. The first-order valence-electron chi connectivity index (χ1n) is 9.84. The zero-order valence-electron chi connectivity index (χ0n) is 16.4. The third kappa shape index (κ3) is 4.74. The van der Waals surface area contributed by atoms with Gasteiger partial charge in [-0.25, -0.2) is 4.79 Å². The number of carbonyl (C=O) groups is 3. The number of hydrogen-bond acceptors (Lipinski definition) is 5. The zero-order valence-corrected chi connectivity index (χ0v) is 16.4. The molecule has 0 unspecified atom stereocenters. The van der Waals surface area contributed by atoms with Crippen LogP contribution in [-0.2, 0) is 9.59 Å². The largest absolute Gasteiger partial charge is 0.494 e. The molecular weight excluding hydrogens is 360 g/mol. The monoisotopic (exact) mass is 388 g/mol. The van der Waals surface area contributed by atoms with Crippen LogP contribution < -0.4 is 25.6 Å². The third-order valence-corrected chi connectivity index (χ3v) is 5.25. The molecule has 3 rings (SSSR count). The average molecular weight is 388 g/mol. The van der Waals surface area contributed by atoms with Crippen molar-refractivity contribution in [2.24, 2.45) is 0 Å². The van der Waals surface area contributed by atoms with Crippen LogP contribution in [0.5, 0.6) is 5.75 Å². The molecule has 28 heavy (non-hydrogen) atoms. The number of amides is 4. The van der Waals surface area contributed by atoms with Gasteiger partial charge in [0.25, 0.3) is 0 Å². The van der Waals surface area contributed by atoms with Crippen molar-refractivity contribution in [3.8, 4) is 5.75 Å². The number of methoxy groups -OCH3 is 1. The fourth-order valence-electron chi connectivity index (χ4n) is 3.72. The van der Waals surface area contributed by atoms with Gasteiger partial charge in [-0.2, -0.15) is 0 Å². The molecule has 8 nitrogen and oxygen atoms in total. The number of carbonyl (C=O) groups excluding carboxylic acids is 3. The molecule has 1 saturated heterocycles. The molecule has 0 aromatic heterocycles. The Morgan fingerprint density at radius 1 is 1.21 bits per heavy atom. The van der Waals surface area contributed by atoms with Crippen LogP contribution in [0, 0.1) is 0 Å². The summed E-state index contributed by atoms with van der Waals surface area (Å²) in [5.74, 6) is 0.236. The highest BCUT2D eigenvalue weighted by atomic mass is 16.5. The summed E-state index contributed by atoms with van der Waals surface area (Å²) in [5, 5.41) is 8.28. The molecule has 1 saturated carbocycles. The van der Waals surface area contributed by atoms with Gasteiger partial charge in [0.1, 0.15) is 11.8 Å². The molecule has 1 aliphatic heterocycles. The van der Waals surface area contributed by atoms with Crippen molar-refractivity contribution in [1.82, 2.24) is 10.6 Å². The van der Waals surface area contributed by atoms with Crippen molar-refractivity contribution in [2.75, 3.05) is 23.9 Å². The highest BCUT2D eigenvalue weighted by Gasteiger charge is 2.25. The molecule has 1 atom stereocenters. The highest BCUT2D eigenvalue weighted by Crippen LogP contribution is 2.34. The summed E-state index contributed by atoms with van der Waals surface area (Å²) < 4.78 is 5.43. The molecule has 3 N–H and O–H groups in total. The van der Waals surface area contributed by atoms with Crippen LogP contribution in [-0.4, -0.2) is 43.6 Å². The van der Waals surface area contributed by atoms with Crippen LogP contribution in [0.3, 0.4) is 0 Å². The molecule has 2 aliphatic rings. The molecule has 8 heteroatoms. The summed E-state index contributed by atoms with van der Waals surface area (Å²) in [6.07, 6.45) is 5.52. The number of imide groups is 1. The molecule has 1 aromatic rings.